The van der Waals surface area contributed by atoms with Crippen molar-refractivity contribution in [2.24, 2.45) is 0 Å². The van der Waals surface area contributed by atoms with Crippen molar-refractivity contribution in [2.45, 2.75) is 38.1 Å². The van der Waals surface area contributed by atoms with Gasteiger partial charge in [-0.15, -0.1) is 0 Å². The monoisotopic (exact) mass is 303 g/mol. The van der Waals surface area contributed by atoms with Gasteiger partial charge < -0.3 is 10.2 Å². The van der Waals surface area contributed by atoms with Crippen LogP contribution in [0, 0.1) is 0 Å². The molecule has 2 rings (SSSR count). The Hall–Kier alpha value is -0.660. The number of hydrogen-bond donors (Lipinski definition) is 1. The van der Waals surface area contributed by atoms with Gasteiger partial charge in [-0.1, -0.05) is 6.42 Å². The van der Waals surface area contributed by atoms with E-state index in [-0.39, 0.29) is 18.2 Å². The van der Waals surface area contributed by atoms with Gasteiger partial charge in [0.25, 0.3) is 0 Å². The highest BCUT2D eigenvalue weighted by molar-refractivity contribution is 7.89. The van der Waals surface area contributed by atoms with Crippen LogP contribution in [0.2, 0.25) is 0 Å². The molecule has 6 nitrogen and oxygen atoms in total. The Morgan fingerprint density at radius 3 is 2.75 bits per heavy atom. The van der Waals surface area contributed by atoms with E-state index >= 15 is 0 Å². The van der Waals surface area contributed by atoms with Gasteiger partial charge in [0.15, 0.2) is 0 Å². The molecule has 0 saturated carbocycles. The van der Waals surface area contributed by atoms with Crippen LogP contribution in [0.5, 0.6) is 0 Å². The summed E-state index contributed by atoms with van der Waals surface area (Å²) in [4.78, 5) is 13.4. The average Bonchev–Trinajstić information content (AvgIpc) is 2.61. The van der Waals surface area contributed by atoms with Crippen molar-refractivity contribution < 1.29 is 13.2 Å². The van der Waals surface area contributed by atoms with Crippen LogP contribution in [0.4, 0.5) is 0 Å². The maximum atomic E-state index is 12.4. The number of nitrogens with zero attached hydrogens (tertiary/aromatic N) is 2. The number of carbonyl (C=O) groups excluding carboxylic acids is 1. The third-order valence-electron chi connectivity index (χ3n) is 4.17. The summed E-state index contributed by atoms with van der Waals surface area (Å²) in [6.45, 7) is 2.07. The molecule has 116 valence electrons. The maximum Gasteiger partial charge on any atom is 0.237 e. The zero-order chi connectivity index (χ0) is 14.6. The van der Waals surface area contributed by atoms with Crippen LogP contribution < -0.4 is 5.32 Å². The van der Waals surface area contributed by atoms with E-state index in [1.165, 1.54) is 17.1 Å². The summed E-state index contributed by atoms with van der Waals surface area (Å²) in [6.07, 6.45) is 4.75. The van der Waals surface area contributed by atoms with Crippen molar-refractivity contribution in [3.63, 3.8) is 0 Å². The van der Waals surface area contributed by atoms with Crippen LogP contribution in [-0.4, -0.2) is 68.6 Å². The quantitative estimate of drug-likeness (QED) is 0.794. The molecule has 0 radical (unpaired) electrons. The Balaban J connectivity index is 1.89. The summed E-state index contributed by atoms with van der Waals surface area (Å²) in [5.74, 6) is 0.0312. The van der Waals surface area contributed by atoms with Gasteiger partial charge in [-0.3, -0.25) is 4.79 Å². The number of hydrogen-bond acceptors (Lipinski definition) is 4. The van der Waals surface area contributed by atoms with Crippen molar-refractivity contribution in [3.05, 3.63) is 0 Å². The third-order valence-corrected chi connectivity index (χ3v) is 6.02. The minimum Gasteiger partial charge on any atom is -0.345 e. The van der Waals surface area contributed by atoms with Gasteiger partial charge in [0.05, 0.1) is 12.3 Å². The van der Waals surface area contributed by atoms with Crippen LogP contribution in [0.15, 0.2) is 0 Å². The molecule has 1 unspecified atom stereocenters. The molecule has 2 saturated heterocycles. The molecule has 1 atom stereocenters. The molecule has 0 aromatic carbocycles. The highest BCUT2D eigenvalue weighted by atomic mass is 32.2. The normalized spacial score (nSPS) is 26.6. The average molecular weight is 303 g/mol. The topological polar surface area (TPSA) is 69.7 Å². The highest BCUT2D eigenvalue weighted by Gasteiger charge is 2.28. The Morgan fingerprint density at radius 2 is 2.05 bits per heavy atom. The van der Waals surface area contributed by atoms with Crippen LogP contribution in [-0.2, 0) is 14.8 Å². The summed E-state index contributed by atoms with van der Waals surface area (Å²) in [6, 6.07) is 0.309. The zero-order valence-electron chi connectivity index (χ0n) is 12.2. The number of carbonyl (C=O) groups is 1. The van der Waals surface area contributed by atoms with Crippen molar-refractivity contribution in [2.75, 3.05) is 39.0 Å². The first-order chi connectivity index (χ1) is 9.49. The second-order valence-electron chi connectivity index (χ2n) is 5.75. The fourth-order valence-corrected chi connectivity index (χ4v) is 4.34. The fourth-order valence-electron chi connectivity index (χ4n) is 2.79. The van der Waals surface area contributed by atoms with Gasteiger partial charge in [-0.2, -0.15) is 4.31 Å². The van der Waals surface area contributed by atoms with E-state index < -0.39 is 10.0 Å². The lowest BCUT2D eigenvalue weighted by Crippen LogP contribution is -2.41. The number of likely N-dealkylation sites (N-methyl/N-ethyl adjacent to an activating group) is 1. The van der Waals surface area contributed by atoms with Crippen molar-refractivity contribution in [3.8, 4) is 0 Å². The number of piperidine rings is 1. The van der Waals surface area contributed by atoms with Gasteiger partial charge in [0.1, 0.15) is 0 Å². The Kier molecular flexibility index (Phi) is 5.40. The Morgan fingerprint density at radius 1 is 1.25 bits per heavy atom. The van der Waals surface area contributed by atoms with Gasteiger partial charge >= 0.3 is 0 Å². The summed E-state index contributed by atoms with van der Waals surface area (Å²) >= 11 is 0. The third kappa shape index (κ3) is 4.17. The largest absolute Gasteiger partial charge is 0.345 e. The molecule has 20 heavy (non-hydrogen) atoms. The first-order valence-corrected chi connectivity index (χ1v) is 9.05. The molecule has 2 heterocycles. The summed E-state index contributed by atoms with van der Waals surface area (Å²) < 4.78 is 26.1. The number of nitrogens with one attached hydrogen (secondary N) is 1. The van der Waals surface area contributed by atoms with Crippen LogP contribution in [0.1, 0.15) is 32.1 Å². The van der Waals surface area contributed by atoms with E-state index in [2.05, 4.69) is 5.32 Å². The SMILES string of the molecule is CN1CCCN(S(=O)(=O)CCC2CCCCN2)CC1=O. The molecular formula is C13H25N3O3S. The molecular weight excluding hydrogens is 278 g/mol. The lowest BCUT2D eigenvalue weighted by atomic mass is 10.0. The van der Waals surface area contributed by atoms with Crippen LogP contribution in [0.25, 0.3) is 0 Å². The molecule has 0 spiro atoms. The molecule has 2 fully saturated rings. The van der Waals surface area contributed by atoms with Gasteiger partial charge in [-0.05, 0) is 32.2 Å². The summed E-state index contributed by atoms with van der Waals surface area (Å²) in [7, 11) is -1.59. The molecule has 1 N–H and O–H groups in total. The smallest absolute Gasteiger partial charge is 0.237 e. The first kappa shape index (κ1) is 15.7. The van der Waals surface area contributed by atoms with E-state index in [0.29, 0.717) is 32.0 Å². The lowest BCUT2D eigenvalue weighted by Gasteiger charge is -2.25. The predicted molar refractivity (Wildman–Crippen MR) is 77.9 cm³/mol. The number of sulfonamides is 1. The Bertz CT molecular complexity index is 432. The van der Waals surface area contributed by atoms with E-state index in [1.54, 1.807) is 11.9 Å². The number of amides is 1. The van der Waals surface area contributed by atoms with Gasteiger partial charge in [-0.25, -0.2) is 8.42 Å². The van der Waals surface area contributed by atoms with E-state index in [9.17, 15) is 13.2 Å². The van der Waals surface area contributed by atoms with E-state index in [1.807, 2.05) is 0 Å². The van der Waals surface area contributed by atoms with Gasteiger partial charge in [0.2, 0.25) is 15.9 Å². The molecule has 0 aliphatic carbocycles. The minimum absolute atomic E-state index is 0.00305. The van der Waals surface area contributed by atoms with Crippen LogP contribution in [0.3, 0.4) is 0 Å². The standard InChI is InChI=1S/C13H25N3O3S/c1-15-8-4-9-16(11-13(15)17)20(18,19)10-6-12-5-2-3-7-14-12/h12,14H,2-11H2,1H3. The molecule has 1 amide bonds. The first-order valence-electron chi connectivity index (χ1n) is 7.44. The second-order valence-corrected chi connectivity index (χ2v) is 7.84. The summed E-state index contributed by atoms with van der Waals surface area (Å²) in [5, 5.41) is 3.36. The number of rotatable bonds is 4. The molecule has 0 aromatic rings. The Labute approximate surface area is 121 Å². The lowest BCUT2D eigenvalue weighted by molar-refractivity contribution is -0.129. The molecule has 2 aliphatic rings. The predicted octanol–water partition coefficient (Wildman–Crippen LogP) is 0.0125. The van der Waals surface area contributed by atoms with Gasteiger partial charge in [0, 0.05) is 26.2 Å². The van der Waals surface area contributed by atoms with Crippen molar-refractivity contribution >= 4 is 15.9 Å². The molecule has 7 heteroatoms. The molecule has 0 bridgehead atoms. The second kappa shape index (κ2) is 6.87. The van der Waals surface area contributed by atoms with Crippen molar-refractivity contribution in [1.29, 1.82) is 0 Å². The molecule has 0 aromatic heterocycles. The molecule has 2 aliphatic heterocycles. The van der Waals surface area contributed by atoms with E-state index in [0.717, 1.165) is 13.0 Å². The maximum absolute atomic E-state index is 12.4. The van der Waals surface area contributed by atoms with Crippen LogP contribution >= 0.6 is 0 Å². The van der Waals surface area contributed by atoms with E-state index in [4.69, 9.17) is 0 Å². The zero-order valence-corrected chi connectivity index (χ0v) is 13.0. The fraction of sp³-hybridized carbons (Fsp3) is 0.923. The summed E-state index contributed by atoms with van der Waals surface area (Å²) in [5.41, 5.74) is 0. The minimum atomic E-state index is -3.32. The highest BCUT2D eigenvalue weighted by Crippen LogP contribution is 2.14. The van der Waals surface area contributed by atoms with Crippen molar-refractivity contribution in [1.82, 2.24) is 14.5 Å².